The summed E-state index contributed by atoms with van der Waals surface area (Å²) in [5.41, 5.74) is 0. The number of carbonyl (C=O) groups excluding carboxylic acids is 2. The molecule has 2 aliphatic rings. The van der Waals surface area contributed by atoms with Gasteiger partial charge in [0.25, 0.3) is 11.8 Å². The third-order valence-electron chi connectivity index (χ3n) is 1.79. The zero-order valence-electron chi connectivity index (χ0n) is 8.28. The molecule has 2 aliphatic heterocycles. The van der Waals surface area contributed by atoms with Crippen LogP contribution in [0.15, 0.2) is 0 Å². The molecule has 2 saturated heterocycles. The molecule has 2 rings (SSSR count). The summed E-state index contributed by atoms with van der Waals surface area (Å²) in [6.07, 6.45) is 0. The van der Waals surface area contributed by atoms with Crippen molar-refractivity contribution in [2.75, 3.05) is 11.5 Å². The van der Waals surface area contributed by atoms with Gasteiger partial charge in [-0.15, -0.1) is 0 Å². The van der Waals surface area contributed by atoms with Crippen molar-refractivity contribution in [1.82, 2.24) is 10.1 Å². The summed E-state index contributed by atoms with van der Waals surface area (Å²) in [4.78, 5) is 22.5. The number of hydrogen-bond donors (Lipinski definition) is 0. The Hall–Kier alpha value is -0.195. The Bertz CT molecular complexity index is 337. The van der Waals surface area contributed by atoms with E-state index in [0.29, 0.717) is 8.64 Å². The minimum absolute atomic E-state index is 0.242. The predicted molar refractivity (Wildman–Crippen MR) is 73.1 cm³/mol. The van der Waals surface area contributed by atoms with Crippen LogP contribution in [0.5, 0.6) is 0 Å². The van der Waals surface area contributed by atoms with Crippen molar-refractivity contribution in [3.05, 3.63) is 0 Å². The number of hydrogen-bond acceptors (Lipinski definition) is 8. The van der Waals surface area contributed by atoms with Gasteiger partial charge in [0.2, 0.25) is 0 Å². The van der Waals surface area contributed by atoms with Gasteiger partial charge in [-0.25, -0.2) is 0 Å². The van der Waals surface area contributed by atoms with Gasteiger partial charge in [0, 0.05) is 0 Å². The van der Waals surface area contributed by atoms with Crippen LogP contribution < -0.4 is 0 Å². The maximum absolute atomic E-state index is 11.3. The van der Waals surface area contributed by atoms with Crippen LogP contribution in [0.3, 0.4) is 0 Å². The van der Waals surface area contributed by atoms with Gasteiger partial charge in [-0.3, -0.25) is 19.1 Å². The molecular weight excluding hydrogens is 303 g/mol. The van der Waals surface area contributed by atoms with E-state index in [2.05, 4.69) is 0 Å². The summed E-state index contributed by atoms with van der Waals surface area (Å²) in [5, 5.41) is 1.97. The Kier molecular flexibility index (Phi) is 4.39. The molecule has 0 saturated carbocycles. The molecule has 0 aliphatic carbocycles. The highest BCUT2D eigenvalue weighted by Crippen LogP contribution is 2.21. The zero-order chi connectivity index (χ0) is 12.4. The molecule has 2 fully saturated rings. The van der Waals surface area contributed by atoms with Crippen molar-refractivity contribution in [3.63, 3.8) is 0 Å². The molecule has 0 spiro atoms. The van der Waals surface area contributed by atoms with Crippen molar-refractivity contribution < 1.29 is 19.1 Å². The van der Waals surface area contributed by atoms with Crippen LogP contribution in [0, 0.1) is 0 Å². The number of amides is 2. The molecule has 2 amide bonds. The molecule has 17 heavy (non-hydrogen) atoms. The average Bonchev–Trinajstić information content (AvgIpc) is 2.77. The number of nitrogens with zero attached hydrogens (tertiary/aromatic N) is 2. The lowest BCUT2D eigenvalue weighted by Gasteiger charge is -2.17. The summed E-state index contributed by atoms with van der Waals surface area (Å²) in [6, 6.07) is 0. The van der Waals surface area contributed by atoms with Crippen LogP contribution in [0.4, 0.5) is 0 Å². The van der Waals surface area contributed by atoms with Gasteiger partial charge in [-0.2, -0.15) is 10.1 Å². The lowest BCUT2D eigenvalue weighted by atomic mass is 10.4. The number of carbonyl (C=O) groups is 2. The highest BCUT2D eigenvalue weighted by molar-refractivity contribution is 8.24. The molecule has 0 aromatic carbocycles. The van der Waals surface area contributed by atoms with E-state index >= 15 is 0 Å². The van der Waals surface area contributed by atoms with Gasteiger partial charge in [-0.1, -0.05) is 23.5 Å². The molecule has 0 aromatic rings. The summed E-state index contributed by atoms with van der Waals surface area (Å²) in [5.74, 6) is 0.0347. The van der Waals surface area contributed by atoms with Crippen LogP contribution in [0.2, 0.25) is 0 Å². The average molecular weight is 308 g/mol. The van der Waals surface area contributed by atoms with Crippen LogP contribution in [-0.2, 0) is 19.1 Å². The monoisotopic (exact) mass is 308 g/mol. The fourth-order valence-corrected chi connectivity index (χ4v) is 3.00. The van der Waals surface area contributed by atoms with Crippen LogP contribution in [0.1, 0.15) is 0 Å². The first kappa shape index (κ1) is 13.2. The van der Waals surface area contributed by atoms with E-state index in [0.717, 1.165) is 10.1 Å². The van der Waals surface area contributed by atoms with Crippen LogP contribution >= 0.6 is 48.0 Å². The Morgan fingerprint density at radius 1 is 1.00 bits per heavy atom. The first-order valence-corrected chi connectivity index (χ1v) is 7.13. The highest BCUT2D eigenvalue weighted by atomic mass is 32.2. The van der Waals surface area contributed by atoms with E-state index in [1.807, 2.05) is 0 Å². The highest BCUT2D eigenvalue weighted by Gasteiger charge is 2.31. The molecule has 0 atom stereocenters. The normalized spacial score (nSPS) is 20.7. The molecule has 0 radical (unpaired) electrons. The fourth-order valence-electron chi connectivity index (χ4n) is 1.06. The number of hydroxylamine groups is 4. The maximum atomic E-state index is 11.3. The van der Waals surface area contributed by atoms with Gasteiger partial charge in [0.1, 0.15) is 0 Å². The minimum Gasteiger partial charge on any atom is -0.292 e. The zero-order valence-corrected chi connectivity index (χ0v) is 11.5. The lowest BCUT2D eigenvalue weighted by Crippen LogP contribution is -2.36. The van der Waals surface area contributed by atoms with E-state index in [9.17, 15) is 9.59 Å². The quantitative estimate of drug-likeness (QED) is 0.524. The first-order chi connectivity index (χ1) is 8.09. The van der Waals surface area contributed by atoms with Crippen LogP contribution in [-0.4, -0.2) is 49.8 Å². The number of rotatable bonds is 4. The summed E-state index contributed by atoms with van der Waals surface area (Å²) >= 11 is 12.2. The second kappa shape index (κ2) is 5.63. The second-order valence-electron chi connectivity index (χ2n) is 2.86. The lowest BCUT2D eigenvalue weighted by molar-refractivity contribution is -0.149. The largest absolute Gasteiger partial charge is 0.489 e. The number of thiocarbonyl (C=S) groups is 2. The van der Waals surface area contributed by atoms with Gasteiger partial charge in [-0.05, 0) is 24.4 Å². The van der Waals surface area contributed by atoms with Crippen molar-refractivity contribution in [2.24, 2.45) is 0 Å². The molecule has 2 heterocycles. The molecule has 6 nitrogen and oxygen atoms in total. The van der Waals surface area contributed by atoms with Gasteiger partial charge >= 0.3 is 7.69 Å². The van der Waals surface area contributed by atoms with E-state index in [1.54, 1.807) is 0 Å². The Morgan fingerprint density at radius 3 is 1.71 bits per heavy atom. The van der Waals surface area contributed by atoms with Gasteiger partial charge < -0.3 is 0 Å². The summed E-state index contributed by atoms with van der Waals surface area (Å²) in [7, 11) is -0.293. The van der Waals surface area contributed by atoms with E-state index in [4.69, 9.17) is 33.9 Å². The van der Waals surface area contributed by atoms with E-state index < -0.39 is 0 Å². The smallest absolute Gasteiger partial charge is 0.292 e. The fraction of sp³-hybridized carbons (Fsp3) is 0.333. The molecule has 11 heteroatoms. The summed E-state index contributed by atoms with van der Waals surface area (Å²) in [6.45, 7) is 0. The minimum atomic E-state index is -0.293. The Morgan fingerprint density at radius 2 is 1.41 bits per heavy atom. The first-order valence-electron chi connectivity index (χ1n) is 4.35. The van der Waals surface area contributed by atoms with Gasteiger partial charge in [0.05, 0.1) is 11.5 Å². The molecule has 90 valence electrons. The van der Waals surface area contributed by atoms with E-state index in [1.165, 1.54) is 23.5 Å². The standard InChI is InChI=1S/C6H5BN2O4S4/c10-3-1-16-5(14)8(3)12-7-13-9-4(11)2-17-6(9)15/h7H,1-2H2. The number of thioether (sulfide) groups is 2. The molecule has 0 bridgehead atoms. The molecule has 0 aromatic heterocycles. The van der Waals surface area contributed by atoms with Crippen molar-refractivity contribution in [1.29, 1.82) is 0 Å². The maximum Gasteiger partial charge on any atom is 0.489 e. The Labute approximate surface area is 117 Å². The van der Waals surface area contributed by atoms with Crippen molar-refractivity contribution in [3.8, 4) is 0 Å². The van der Waals surface area contributed by atoms with Crippen molar-refractivity contribution in [2.45, 2.75) is 0 Å². The topological polar surface area (TPSA) is 59.1 Å². The van der Waals surface area contributed by atoms with Gasteiger partial charge in [0.15, 0.2) is 8.64 Å². The Balaban J connectivity index is 1.79. The summed E-state index contributed by atoms with van der Waals surface area (Å²) < 4.78 is 10.7. The third kappa shape index (κ3) is 2.98. The molecule has 0 unspecified atom stereocenters. The third-order valence-corrected chi connectivity index (χ3v) is 4.43. The SMILES string of the molecule is O=C1CSC(=S)N1OBON1C(=O)CSC1=S. The van der Waals surface area contributed by atoms with Crippen LogP contribution in [0.25, 0.3) is 0 Å². The molecule has 0 N–H and O–H groups in total. The molecular formula is C6H5BN2O4S4. The second-order valence-corrected chi connectivity index (χ2v) is 6.08. The van der Waals surface area contributed by atoms with E-state index in [-0.39, 0.29) is 31.0 Å². The van der Waals surface area contributed by atoms with Crippen molar-refractivity contribution >= 4 is 76.1 Å². The predicted octanol–water partition coefficient (Wildman–Crippen LogP) is -0.163.